The number of epoxide rings is 1. The number of ether oxygens (including phenoxy) is 2. The third-order valence-electron chi connectivity index (χ3n) is 7.44. The Bertz CT molecular complexity index is 1160. The molecule has 0 radical (unpaired) electrons. The summed E-state index contributed by atoms with van der Waals surface area (Å²) in [5, 5.41) is 0. The van der Waals surface area contributed by atoms with Gasteiger partial charge in [-0.1, -0.05) is 56.2 Å². The molecule has 1 heterocycles. The lowest BCUT2D eigenvalue weighted by Gasteiger charge is -2.29. The highest BCUT2D eigenvalue weighted by Crippen LogP contribution is 2.40. The van der Waals surface area contributed by atoms with E-state index in [1.807, 2.05) is 6.07 Å². The molecule has 2 aliphatic rings. The van der Waals surface area contributed by atoms with E-state index in [1.54, 1.807) is 42.5 Å². The Labute approximate surface area is 205 Å². The minimum absolute atomic E-state index is 0.00660. The molecule has 2 nitrogen and oxygen atoms in total. The van der Waals surface area contributed by atoms with Crippen molar-refractivity contribution in [2.75, 3.05) is 6.61 Å². The second kappa shape index (κ2) is 10.4. The Morgan fingerprint density at radius 3 is 2.29 bits per heavy atom. The summed E-state index contributed by atoms with van der Waals surface area (Å²) in [7, 11) is 0. The summed E-state index contributed by atoms with van der Waals surface area (Å²) < 4.78 is 55.3. The Kier molecular flexibility index (Phi) is 7.14. The van der Waals surface area contributed by atoms with Crippen molar-refractivity contribution in [2.45, 2.75) is 64.1 Å². The monoisotopic (exact) mass is 480 g/mol. The molecule has 1 unspecified atom stereocenters. The summed E-state index contributed by atoms with van der Waals surface area (Å²) in [4.78, 5) is 0. The molecule has 0 aromatic heterocycles. The van der Waals surface area contributed by atoms with Gasteiger partial charge in [0.1, 0.15) is 24.3 Å². The number of rotatable bonds is 8. The number of benzene rings is 3. The first-order valence-corrected chi connectivity index (χ1v) is 12.6. The molecule has 1 saturated heterocycles. The zero-order chi connectivity index (χ0) is 24.4. The van der Waals surface area contributed by atoms with Crippen LogP contribution < -0.4 is 4.74 Å². The van der Waals surface area contributed by atoms with Crippen molar-refractivity contribution >= 4 is 0 Å². The van der Waals surface area contributed by atoms with Crippen LogP contribution in [0.3, 0.4) is 0 Å². The van der Waals surface area contributed by atoms with Gasteiger partial charge in [-0.3, -0.25) is 0 Å². The topological polar surface area (TPSA) is 21.8 Å². The fourth-order valence-electron chi connectivity index (χ4n) is 5.29. The van der Waals surface area contributed by atoms with Crippen LogP contribution in [0.5, 0.6) is 5.75 Å². The summed E-state index contributed by atoms with van der Waals surface area (Å²) >= 11 is 0. The van der Waals surface area contributed by atoms with Gasteiger partial charge < -0.3 is 9.47 Å². The van der Waals surface area contributed by atoms with Crippen molar-refractivity contribution in [3.63, 3.8) is 0 Å². The molecule has 184 valence electrons. The Morgan fingerprint density at radius 2 is 1.63 bits per heavy atom. The maximum Gasteiger partial charge on any atom is 0.166 e. The summed E-state index contributed by atoms with van der Waals surface area (Å²) in [5.74, 6) is -0.507. The quantitative estimate of drug-likeness (QED) is 0.302. The van der Waals surface area contributed by atoms with Crippen molar-refractivity contribution < 1.29 is 22.6 Å². The fraction of sp³-hybridized carbons (Fsp3) is 0.400. The molecular formula is C30H31F3O2. The van der Waals surface area contributed by atoms with E-state index in [9.17, 15) is 4.39 Å². The lowest BCUT2D eigenvalue weighted by atomic mass is 9.77. The second-order valence-corrected chi connectivity index (χ2v) is 9.82. The molecule has 2 fully saturated rings. The molecule has 3 aromatic rings. The lowest BCUT2D eigenvalue weighted by Crippen LogP contribution is -2.14. The summed E-state index contributed by atoms with van der Waals surface area (Å²) in [6.45, 7) is 2.91. The van der Waals surface area contributed by atoms with Gasteiger partial charge in [0.15, 0.2) is 11.6 Å². The van der Waals surface area contributed by atoms with Gasteiger partial charge in [0.2, 0.25) is 0 Å². The van der Waals surface area contributed by atoms with Crippen LogP contribution >= 0.6 is 0 Å². The zero-order valence-corrected chi connectivity index (χ0v) is 20.0. The van der Waals surface area contributed by atoms with Crippen molar-refractivity contribution in [1.82, 2.24) is 0 Å². The van der Waals surface area contributed by atoms with E-state index in [2.05, 4.69) is 6.92 Å². The first-order valence-electron chi connectivity index (χ1n) is 12.6. The maximum absolute atomic E-state index is 15.1. The van der Waals surface area contributed by atoms with Gasteiger partial charge in [0.05, 0.1) is 6.61 Å². The Balaban J connectivity index is 1.24. The first kappa shape index (κ1) is 23.9. The molecule has 1 atom stereocenters. The molecule has 35 heavy (non-hydrogen) atoms. The molecule has 0 amide bonds. The second-order valence-electron chi connectivity index (χ2n) is 9.82. The maximum atomic E-state index is 15.1. The van der Waals surface area contributed by atoms with Gasteiger partial charge in [0.25, 0.3) is 0 Å². The van der Waals surface area contributed by atoms with Crippen LogP contribution in [-0.2, 0) is 11.3 Å². The summed E-state index contributed by atoms with van der Waals surface area (Å²) in [5.41, 5.74) is 2.60. The van der Waals surface area contributed by atoms with Gasteiger partial charge in [-0.15, -0.1) is 0 Å². The minimum Gasteiger partial charge on any atom is -0.489 e. The van der Waals surface area contributed by atoms with Crippen LogP contribution in [-0.4, -0.2) is 6.61 Å². The van der Waals surface area contributed by atoms with E-state index >= 15 is 8.78 Å². The zero-order valence-electron chi connectivity index (χ0n) is 20.0. The molecule has 5 heteroatoms. The van der Waals surface area contributed by atoms with Gasteiger partial charge in [0, 0.05) is 11.1 Å². The molecule has 0 bridgehead atoms. The van der Waals surface area contributed by atoms with Crippen LogP contribution in [0.2, 0.25) is 0 Å². The standard InChI is InChI=1S/C30H31F3O2/c1-2-3-19-4-6-20(7-5-19)25-14-15-26(30(33)29(25)32)21-10-12-24(13-11-21)34-17-23-9-8-22(16-27(23)31)28-18-35-28/h8-16,19-20,28H,2-7,17-18H2,1H3. The molecule has 1 saturated carbocycles. The van der Waals surface area contributed by atoms with Gasteiger partial charge in [-0.25, -0.2) is 13.2 Å². The lowest BCUT2D eigenvalue weighted by molar-refractivity contribution is 0.299. The van der Waals surface area contributed by atoms with Gasteiger partial charge >= 0.3 is 0 Å². The van der Waals surface area contributed by atoms with E-state index in [-0.39, 0.29) is 30.0 Å². The Morgan fingerprint density at radius 1 is 0.886 bits per heavy atom. The van der Waals surface area contributed by atoms with Crippen molar-refractivity contribution in [1.29, 1.82) is 0 Å². The number of hydrogen-bond donors (Lipinski definition) is 0. The minimum atomic E-state index is -0.798. The molecule has 0 N–H and O–H groups in total. The van der Waals surface area contributed by atoms with E-state index in [0.29, 0.717) is 29.0 Å². The molecule has 3 aromatic carbocycles. The first-order chi connectivity index (χ1) is 17.0. The molecular weight excluding hydrogens is 449 g/mol. The average molecular weight is 481 g/mol. The molecule has 5 rings (SSSR count). The summed E-state index contributed by atoms with van der Waals surface area (Å²) in [6, 6.07) is 15.3. The average Bonchev–Trinajstić information content (AvgIpc) is 3.72. The SMILES string of the molecule is CCCC1CCC(c2ccc(-c3ccc(OCc4ccc(C5CO5)cc4F)cc3)c(F)c2F)CC1. The van der Waals surface area contributed by atoms with Crippen LogP contribution in [0.1, 0.15) is 74.2 Å². The van der Waals surface area contributed by atoms with Crippen LogP contribution in [0.15, 0.2) is 54.6 Å². The normalized spacial score (nSPS) is 21.7. The highest BCUT2D eigenvalue weighted by atomic mass is 19.2. The van der Waals surface area contributed by atoms with Gasteiger partial charge in [-0.05, 0) is 72.4 Å². The fourth-order valence-corrected chi connectivity index (χ4v) is 5.29. The van der Waals surface area contributed by atoms with E-state index < -0.39 is 11.6 Å². The highest BCUT2D eigenvalue weighted by molar-refractivity contribution is 5.65. The van der Waals surface area contributed by atoms with Crippen LogP contribution in [0.4, 0.5) is 13.2 Å². The van der Waals surface area contributed by atoms with Crippen molar-refractivity contribution in [2.24, 2.45) is 5.92 Å². The third kappa shape index (κ3) is 5.40. The molecule has 0 spiro atoms. The largest absolute Gasteiger partial charge is 0.489 e. The van der Waals surface area contributed by atoms with Crippen LogP contribution in [0.25, 0.3) is 11.1 Å². The number of halogens is 3. The Hall–Kier alpha value is -2.79. The third-order valence-corrected chi connectivity index (χ3v) is 7.44. The smallest absolute Gasteiger partial charge is 0.166 e. The van der Waals surface area contributed by atoms with Crippen molar-refractivity contribution in [3.8, 4) is 16.9 Å². The van der Waals surface area contributed by atoms with E-state index in [1.165, 1.54) is 18.9 Å². The van der Waals surface area contributed by atoms with Crippen molar-refractivity contribution in [3.05, 3.63) is 88.7 Å². The van der Waals surface area contributed by atoms with Gasteiger partial charge in [-0.2, -0.15) is 0 Å². The highest BCUT2D eigenvalue weighted by Gasteiger charge is 2.27. The van der Waals surface area contributed by atoms with E-state index in [4.69, 9.17) is 9.47 Å². The summed E-state index contributed by atoms with van der Waals surface area (Å²) in [6.07, 6.45) is 6.43. The number of hydrogen-bond acceptors (Lipinski definition) is 2. The van der Waals surface area contributed by atoms with E-state index in [0.717, 1.165) is 37.2 Å². The predicted molar refractivity (Wildman–Crippen MR) is 131 cm³/mol. The molecule has 1 aliphatic heterocycles. The molecule has 1 aliphatic carbocycles. The predicted octanol–water partition coefficient (Wildman–Crippen LogP) is 8.50. The van der Waals surface area contributed by atoms with Crippen LogP contribution in [0, 0.1) is 23.4 Å².